The van der Waals surface area contributed by atoms with Crippen molar-refractivity contribution in [2.24, 2.45) is 12.8 Å². The van der Waals surface area contributed by atoms with E-state index in [1.807, 2.05) is 18.7 Å². The summed E-state index contributed by atoms with van der Waals surface area (Å²) in [5, 5.41) is 7.92. The van der Waals surface area contributed by atoms with Crippen molar-refractivity contribution in [3.63, 3.8) is 0 Å². The van der Waals surface area contributed by atoms with E-state index >= 15 is 0 Å². The third-order valence-electron chi connectivity index (χ3n) is 3.51. The van der Waals surface area contributed by atoms with Crippen molar-refractivity contribution in [3.8, 4) is 0 Å². The highest BCUT2D eigenvalue weighted by Gasteiger charge is 2.30. The average Bonchev–Trinajstić information content (AvgIpc) is 2.52. The van der Waals surface area contributed by atoms with Gasteiger partial charge in [0.2, 0.25) is 0 Å². The Hall–Kier alpha value is -1.14. The molecule has 1 aromatic rings. The van der Waals surface area contributed by atoms with Crippen LogP contribution in [0.1, 0.15) is 37.9 Å². The largest absolute Gasteiger partial charge is 0.389 e. The van der Waals surface area contributed by atoms with Gasteiger partial charge < -0.3 is 15.8 Å². The Morgan fingerprint density at radius 1 is 1.58 bits per heavy atom. The third kappa shape index (κ3) is 3.06. The summed E-state index contributed by atoms with van der Waals surface area (Å²) in [4.78, 5) is 0.388. The Bertz CT molecular complexity index is 495. The summed E-state index contributed by atoms with van der Waals surface area (Å²) in [6.07, 6.45) is 1.93. The quantitative estimate of drug-likeness (QED) is 0.827. The second-order valence-electron chi connectivity index (χ2n) is 5.74. The van der Waals surface area contributed by atoms with E-state index in [1.54, 1.807) is 0 Å². The fraction of sp³-hybridized carbons (Fsp3) is 0.692. The van der Waals surface area contributed by atoms with Crippen LogP contribution in [0.2, 0.25) is 0 Å². The Balaban J connectivity index is 2.21. The summed E-state index contributed by atoms with van der Waals surface area (Å²) in [6.45, 7) is 6.92. The first-order valence-corrected chi connectivity index (χ1v) is 6.95. The first-order valence-electron chi connectivity index (χ1n) is 6.54. The van der Waals surface area contributed by atoms with Crippen LogP contribution in [0.4, 0.5) is 5.82 Å². The van der Waals surface area contributed by atoms with Crippen molar-refractivity contribution < 1.29 is 4.74 Å². The number of nitrogens with zero attached hydrogens (tertiary/aromatic N) is 2. The van der Waals surface area contributed by atoms with Gasteiger partial charge >= 0.3 is 0 Å². The van der Waals surface area contributed by atoms with E-state index in [9.17, 15) is 0 Å². The monoisotopic (exact) mass is 282 g/mol. The lowest BCUT2D eigenvalue weighted by atomic mass is 9.94. The summed E-state index contributed by atoms with van der Waals surface area (Å²) >= 11 is 5.12. The van der Waals surface area contributed by atoms with E-state index in [-0.39, 0.29) is 5.60 Å². The number of nitrogens with two attached hydrogens (primary N) is 1. The van der Waals surface area contributed by atoms with Gasteiger partial charge in [-0.05, 0) is 33.6 Å². The molecule has 0 radical (unpaired) electrons. The number of aryl methyl sites for hydroxylation is 2. The Kier molecular flexibility index (Phi) is 3.82. The van der Waals surface area contributed by atoms with E-state index in [4.69, 9.17) is 22.7 Å². The Morgan fingerprint density at radius 2 is 2.26 bits per heavy atom. The molecule has 6 heteroatoms. The van der Waals surface area contributed by atoms with Crippen molar-refractivity contribution in [2.45, 2.75) is 45.3 Å². The second kappa shape index (κ2) is 5.09. The van der Waals surface area contributed by atoms with Gasteiger partial charge in [0.05, 0.1) is 16.9 Å². The molecule has 5 nitrogen and oxygen atoms in total. The van der Waals surface area contributed by atoms with Crippen LogP contribution < -0.4 is 11.1 Å². The normalized spacial score (nSPS) is 22.2. The molecule has 3 N–H and O–H groups in total. The molecule has 0 saturated carbocycles. The third-order valence-corrected chi connectivity index (χ3v) is 3.71. The van der Waals surface area contributed by atoms with Crippen LogP contribution in [0, 0.1) is 6.92 Å². The average molecular weight is 282 g/mol. The number of anilines is 1. The number of thiocarbonyl (C=S) groups is 1. The van der Waals surface area contributed by atoms with E-state index in [2.05, 4.69) is 24.3 Å². The molecule has 1 atom stereocenters. The Morgan fingerprint density at radius 3 is 2.84 bits per heavy atom. The second-order valence-corrected chi connectivity index (χ2v) is 6.18. The van der Waals surface area contributed by atoms with Gasteiger partial charge in [0.1, 0.15) is 10.8 Å². The molecule has 0 aromatic carbocycles. The fourth-order valence-corrected chi connectivity index (χ4v) is 2.91. The van der Waals surface area contributed by atoms with Gasteiger partial charge in [-0.15, -0.1) is 0 Å². The van der Waals surface area contributed by atoms with Crippen LogP contribution in [0.15, 0.2) is 0 Å². The summed E-state index contributed by atoms with van der Waals surface area (Å²) in [7, 11) is 1.90. The maximum Gasteiger partial charge on any atom is 0.134 e. The van der Waals surface area contributed by atoms with Crippen molar-refractivity contribution in [1.29, 1.82) is 0 Å². The predicted octanol–water partition coefficient (Wildman–Crippen LogP) is 1.73. The highest BCUT2D eigenvalue weighted by molar-refractivity contribution is 7.80. The van der Waals surface area contributed by atoms with E-state index in [1.165, 1.54) is 0 Å². The number of aromatic nitrogens is 2. The van der Waals surface area contributed by atoms with Crippen LogP contribution in [-0.4, -0.2) is 33.0 Å². The standard InChI is InChI=1S/C13H22N4OS/c1-8-10(11(14)19)12(17(4)16-8)15-9-5-6-18-13(2,3)7-9/h9,15H,5-7H2,1-4H3,(H2,14,19). The molecule has 1 fully saturated rings. The van der Waals surface area contributed by atoms with Crippen molar-refractivity contribution >= 4 is 23.0 Å². The maximum atomic E-state index is 5.80. The zero-order valence-electron chi connectivity index (χ0n) is 12.0. The minimum absolute atomic E-state index is 0.0903. The number of nitrogens with one attached hydrogen (secondary N) is 1. The molecule has 19 heavy (non-hydrogen) atoms. The van der Waals surface area contributed by atoms with Crippen LogP contribution in [-0.2, 0) is 11.8 Å². The molecule has 1 saturated heterocycles. The van der Waals surface area contributed by atoms with E-state index in [0.29, 0.717) is 11.0 Å². The number of rotatable bonds is 3. The van der Waals surface area contributed by atoms with Crippen LogP contribution in [0.5, 0.6) is 0 Å². The number of hydrogen-bond donors (Lipinski definition) is 2. The first kappa shape index (κ1) is 14.3. The molecule has 0 aliphatic carbocycles. The van der Waals surface area contributed by atoms with E-state index in [0.717, 1.165) is 36.5 Å². The van der Waals surface area contributed by atoms with E-state index < -0.39 is 0 Å². The van der Waals surface area contributed by atoms with Crippen LogP contribution >= 0.6 is 12.2 Å². The summed E-state index contributed by atoms with van der Waals surface area (Å²) in [5.74, 6) is 0.910. The first-order chi connectivity index (χ1) is 8.80. The van der Waals surface area contributed by atoms with Crippen LogP contribution in [0.25, 0.3) is 0 Å². The molecule has 1 aromatic heterocycles. The highest BCUT2D eigenvalue weighted by Crippen LogP contribution is 2.28. The topological polar surface area (TPSA) is 65.1 Å². The molecule has 0 spiro atoms. The van der Waals surface area contributed by atoms with Crippen molar-refractivity contribution in [2.75, 3.05) is 11.9 Å². The Labute approximate surface area is 119 Å². The smallest absolute Gasteiger partial charge is 0.134 e. The number of ether oxygens (including phenoxy) is 1. The van der Waals surface area contributed by atoms with Gasteiger partial charge in [0, 0.05) is 19.7 Å². The molecule has 1 aliphatic heterocycles. The lowest BCUT2D eigenvalue weighted by Gasteiger charge is -2.36. The molecule has 0 bridgehead atoms. The molecule has 1 aliphatic rings. The minimum Gasteiger partial charge on any atom is -0.389 e. The summed E-state index contributed by atoms with van der Waals surface area (Å²) < 4.78 is 7.55. The van der Waals surface area contributed by atoms with Crippen molar-refractivity contribution in [1.82, 2.24) is 9.78 Å². The van der Waals surface area contributed by atoms with Gasteiger partial charge in [0.15, 0.2) is 0 Å². The lowest BCUT2D eigenvalue weighted by molar-refractivity contribution is -0.0553. The van der Waals surface area contributed by atoms with Crippen molar-refractivity contribution in [3.05, 3.63) is 11.3 Å². The molecule has 1 unspecified atom stereocenters. The molecular formula is C13H22N4OS. The van der Waals surface area contributed by atoms with Gasteiger partial charge in [-0.3, -0.25) is 4.68 Å². The molecule has 2 heterocycles. The zero-order valence-corrected chi connectivity index (χ0v) is 12.8. The minimum atomic E-state index is -0.0903. The predicted molar refractivity (Wildman–Crippen MR) is 80.5 cm³/mol. The van der Waals surface area contributed by atoms with Gasteiger partial charge in [0.25, 0.3) is 0 Å². The molecule has 106 valence electrons. The van der Waals surface area contributed by atoms with Gasteiger partial charge in [-0.1, -0.05) is 12.2 Å². The SMILES string of the molecule is Cc1nn(C)c(NC2CCOC(C)(C)C2)c1C(N)=S. The summed E-state index contributed by atoms with van der Waals surface area (Å²) in [5.41, 5.74) is 7.42. The van der Waals surface area contributed by atoms with Gasteiger partial charge in [-0.25, -0.2) is 0 Å². The van der Waals surface area contributed by atoms with Gasteiger partial charge in [-0.2, -0.15) is 5.10 Å². The summed E-state index contributed by atoms with van der Waals surface area (Å²) in [6, 6.07) is 0.353. The zero-order chi connectivity index (χ0) is 14.2. The molecule has 2 rings (SSSR count). The van der Waals surface area contributed by atoms with Crippen LogP contribution in [0.3, 0.4) is 0 Å². The highest BCUT2D eigenvalue weighted by atomic mass is 32.1. The lowest BCUT2D eigenvalue weighted by Crippen LogP contribution is -2.40. The molecule has 0 amide bonds. The fourth-order valence-electron chi connectivity index (χ4n) is 2.67. The number of hydrogen-bond acceptors (Lipinski definition) is 4. The maximum absolute atomic E-state index is 5.80. The molecular weight excluding hydrogens is 260 g/mol.